The quantitative estimate of drug-likeness (QED) is 0.203. The van der Waals surface area contributed by atoms with Gasteiger partial charge in [0.2, 0.25) is 0 Å². The largest absolute Gasteiger partial charge is 0.490 e. The van der Waals surface area contributed by atoms with Crippen LogP contribution in [0.5, 0.6) is 11.5 Å². The van der Waals surface area contributed by atoms with E-state index in [0.717, 1.165) is 19.6 Å². The van der Waals surface area contributed by atoms with E-state index in [1.54, 1.807) is 30.3 Å². The third-order valence-electron chi connectivity index (χ3n) is 5.28. The van der Waals surface area contributed by atoms with Crippen LogP contribution >= 0.6 is 34.2 Å². The van der Waals surface area contributed by atoms with E-state index in [2.05, 4.69) is 27.9 Å². The summed E-state index contributed by atoms with van der Waals surface area (Å²) in [7, 11) is 0. The van der Waals surface area contributed by atoms with Crippen molar-refractivity contribution >= 4 is 63.8 Å². The molecule has 1 heterocycles. The third kappa shape index (κ3) is 5.71. The molecule has 4 rings (SSSR count). The first-order valence-electron chi connectivity index (χ1n) is 11.1. The molecule has 1 aliphatic heterocycles. The summed E-state index contributed by atoms with van der Waals surface area (Å²) in [6.07, 6.45) is 1.43. The zero-order valence-electron chi connectivity index (χ0n) is 19.5. The number of aryl methyl sites for hydroxylation is 1. The van der Waals surface area contributed by atoms with Gasteiger partial charge in [-0.1, -0.05) is 47.5 Å². The Morgan fingerprint density at radius 3 is 2.53 bits per heavy atom. The van der Waals surface area contributed by atoms with Crippen molar-refractivity contribution < 1.29 is 23.9 Å². The second-order valence-electron chi connectivity index (χ2n) is 7.98. The van der Waals surface area contributed by atoms with Gasteiger partial charge in [-0.2, -0.15) is 0 Å². The number of rotatable bonds is 7. The minimum atomic E-state index is -0.839. The monoisotopic (exact) mass is 616 g/mol. The number of halogens is 2. The van der Waals surface area contributed by atoms with Crippen LogP contribution in [0.25, 0.3) is 6.08 Å². The van der Waals surface area contributed by atoms with Crippen molar-refractivity contribution in [3.8, 4) is 11.5 Å². The Morgan fingerprint density at radius 2 is 1.81 bits per heavy atom. The molecule has 4 amide bonds. The zero-order chi connectivity index (χ0) is 25.8. The van der Waals surface area contributed by atoms with E-state index in [4.69, 9.17) is 21.1 Å². The second kappa shape index (κ2) is 11.1. The summed E-state index contributed by atoms with van der Waals surface area (Å²) < 4.78 is 12.6. The predicted octanol–water partition coefficient (Wildman–Crippen LogP) is 5.90. The number of carbonyl (C=O) groups excluding carboxylic acids is 3. The predicted molar refractivity (Wildman–Crippen MR) is 146 cm³/mol. The molecule has 1 saturated heterocycles. The summed E-state index contributed by atoms with van der Waals surface area (Å²) in [6, 6.07) is 16.9. The van der Waals surface area contributed by atoms with Crippen molar-refractivity contribution in [3.63, 3.8) is 0 Å². The van der Waals surface area contributed by atoms with Gasteiger partial charge >= 0.3 is 6.03 Å². The number of carbonyl (C=O) groups is 3. The smallest absolute Gasteiger partial charge is 0.335 e. The summed E-state index contributed by atoms with van der Waals surface area (Å²) in [5.41, 5.74) is 2.77. The van der Waals surface area contributed by atoms with E-state index in [-0.39, 0.29) is 11.3 Å². The van der Waals surface area contributed by atoms with E-state index in [1.165, 1.54) is 12.1 Å². The summed E-state index contributed by atoms with van der Waals surface area (Å²) in [5.74, 6) is -0.485. The lowest BCUT2D eigenvalue weighted by molar-refractivity contribution is -0.122. The maximum atomic E-state index is 13.2. The average molecular weight is 617 g/mol. The highest BCUT2D eigenvalue weighted by atomic mass is 127. The van der Waals surface area contributed by atoms with Crippen molar-refractivity contribution in [3.05, 3.63) is 91.5 Å². The van der Waals surface area contributed by atoms with Crippen LogP contribution in [0.3, 0.4) is 0 Å². The molecule has 0 aromatic heterocycles. The Balaban J connectivity index is 1.66. The SMILES string of the molecule is CCOc1cc(/C=C2\C(=O)NC(=O)N(c3cccc(Cl)c3)C2=O)cc(I)c1OCc1cccc(C)c1. The van der Waals surface area contributed by atoms with Gasteiger partial charge in [-0.3, -0.25) is 14.9 Å². The lowest BCUT2D eigenvalue weighted by Gasteiger charge is -2.26. The van der Waals surface area contributed by atoms with Gasteiger partial charge in [0.25, 0.3) is 11.8 Å². The molecule has 0 spiro atoms. The van der Waals surface area contributed by atoms with E-state index >= 15 is 0 Å². The van der Waals surface area contributed by atoms with Crippen LogP contribution in [0, 0.1) is 10.5 Å². The molecule has 184 valence electrons. The normalized spacial score (nSPS) is 14.7. The van der Waals surface area contributed by atoms with Gasteiger partial charge in [0.05, 0.1) is 15.9 Å². The summed E-state index contributed by atoms with van der Waals surface area (Å²) in [5, 5.41) is 2.57. The Bertz CT molecular complexity index is 1390. The molecule has 0 aliphatic carbocycles. The molecule has 0 bridgehead atoms. The maximum Gasteiger partial charge on any atom is 0.335 e. The van der Waals surface area contributed by atoms with Gasteiger partial charge in [-0.15, -0.1) is 0 Å². The van der Waals surface area contributed by atoms with E-state index in [0.29, 0.717) is 35.3 Å². The van der Waals surface area contributed by atoms with Crippen LogP contribution in [-0.2, 0) is 16.2 Å². The van der Waals surface area contributed by atoms with E-state index < -0.39 is 17.8 Å². The molecular formula is C27H22ClIN2O5. The molecule has 36 heavy (non-hydrogen) atoms. The highest BCUT2D eigenvalue weighted by Crippen LogP contribution is 2.36. The number of imide groups is 2. The first kappa shape index (κ1) is 25.7. The Morgan fingerprint density at radius 1 is 1.03 bits per heavy atom. The average Bonchev–Trinajstić information content (AvgIpc) is 2.81. The third-order valence-corrected chi connectivity index (χ3v) is 6.31. The fourth-order valence-electron chi connectivity index (χ4n) is 3.71. The Labute approximate surface area is 227 Å². The highest BCUT2D eigenvalue weighted by Gasteiger charge is 2.37. The zero-order valence-corrected chi connectivity index (χ0v) is 22.4. The molecule has 3 aromatic rings. The number of nitrogens with one attached hydrogen (secondary N) is 1. The van der Waals surface area contributed by atoms with E-state index in [9.17, 15) is 14.4 Å². The molecule has 1 N–H and O–H groups in total. The number of anilines is 1. The lowest BCUT2D eigenvalue weighted by atomic mass is 10.1. The molecule has 9 heteroatoms. The van der Waals surface area contributed by atoms with Crippen molar-refractivity contribution in [2.45, 2.75) is 20.5 Å². The van der Waals surface area contributed by atoms with Crippen LogP contribution in [0.4, 0.5) is 10.5 Å². The van der Waals surface area contributed by atoms with Crippen molar-refractivity contribution in [1.29, 1.82) is 0 Å². The minimum absolute atomic E-state index is 0.193. The van der Waals surface area contributed by atoms with Gasteiger partial charge in [-0.05, 0) is 84.0 Å². The standard InChI is InChI=1S/C27H22ClIN2O5/c1-3-35-23-13-18(12-22(29)24(23)36-15-17-7-4-6-16(2)10-17)11-21-25(32)30-27(34)31(26(21)33)20-9-5-8-19(28)14-20/h4-14H,3,15H2,1-2H3,(H,30,32,34)/b21-11+. The molecule has 0 radical (unpaired) electrons. The van der Waals surface area contributed by atoms with Gasteiger partial charge in [0.1, 0.15) is 12.2 Å². The first-order valence-corrected chi connectivity index (χ1v) is 12.5. The number of amides is 4. The van der Waals surface area contributed by atoms with Crippen LogP contribution in [0.2, 0.25) is 5.02 Å². The topological polar surface area (TPSA) is 84.9 Å². The van der Waals surface area contributed by atoms with Crippen LogP contribution in [0.1, 0.15) is 23.6 Å². The summed E-state index contributed by atoms with van der Waals surface area (Å²) >= 11 is 8.16. The van der Waals surface area contributed by atoms with Crippen LogP contribution in [-0.4, -0.2) is 24.5 Å². The molecule has 3 aromatic carbocycles. The minimum Gasteiger partial charge on any atom is -0.490 e. The van der Waals surface area contributed by atoms with Crippen molar-refractivity contribution in [1.82, 2.24) is 5.32 Å². The molecule has 1 aliphatic rings. The van der Waals surface area contributed by atoms with Crippen molar-refractivity contribution in [2.24, 2.45) is 0 Å². The Hall–Kier alpha value is -3.37. The highest BCUT2D eigenvalue weighted by molar-refractivity contribution is 14.1. The fourth-order valence-corrected chi connectivity index (χ4v) is 4.67. The number of barbiturate groups is 1. The van der Waals surface area contributed by atoms with Gasteiger partial charge < -0.3 is 9.47 Å². The van der Waals surface area contributed by atoms with Gasteiger partial charge in [0.15, 0.2) is 11.5 Å². The van der Waals surface area contributed by atoms with Crippen LogP contribution < -0.4 is 19.7 Å². The summed E-state index contributed by atoms with van der Waals surface area (Å²) in [4.78, 5) is 39.1. The fraction of sp³-hybridized carbons (Fsp3) is 0.148. The number of hydrogen-bond acceptors (Lipinski definition) is 5. The van der Waals surface area contributed by atoms with Gasteiger partial charge in [0, 0.05) is 5.02 Å². The maximum absolute atomic E-state index is 13.2. The number of urea groups is 1. The molecule has 1 fully saturated rings. The number of hydrogen-bond donors (Lipinski definition) is 1. The van der Waals surface area contributed by atoms with Crippen molar-refractivity contribution in [2.75, 3.05) is 11.5 Å². The second-order valence-corrected chi connectivity index (χ2v) is 9.58. The van der Waals surface area contributed by atoms with E-state index in [1.807, 2.05) is 38.1 Å². The van der Waals surface area contributed by atoms with Crippen LogP contribution in [0.15, 0.2) is 66.2 Å². The molecule has 0 saturated carbocycles. The summed E-state index contributed by atoms with van der Waals surface area (Å²) in [6.45, 7) is 4.63. The van der Waals surface area contributed by atoms with Gasteiger partial charge in [-0.25, -0.2) is 9.69 Å². The molecular weight excluding hydrogens is 595 g/mol. The molecule has 0 unspecified atom stereocenters. The first-order chi connectivity index (χ1) is 17.3. The Kier molecular flexibility index (Phi) is 7.95. The number of benzene rings is 3. The number of ether oxygens (including phenoxy) is 2. The molecule has 0 atom stereocenters. The number of nitrogens with zero attached hydrogens (tertiary/aromatic N) is 1. The molecule has 7 nitrogen and oxygen atoms in total. The lowest BCUT2D eigenvalue weighted by Crippen LogP contribution is -2.54.